The van der Waals surface area contributed by atoms with E-state index in [1.54, 1.807) is 16.2 Å². The Hall–Kier alpha value is -4.07. The van der Waals surface area contributed by atoms with Gasteiger partial charge in [0, 0.05) is 120 Å². The highest BCUT2D eigenvalue weighted by Gasteiger charge is 2.45. The summed E-state index contributed by atoms with van der Waals surface area (Å²) in [5.41, 5.74) is 11.0. The van der Waals surface area contributed by atoms with Crippen molar-refractivity contribution in [2.45, 2.75) is 237 Å². The van der Waals surface area contributed by atoms with Gasteiger partial charge >= 0.3 is 17.6 Å². The molecule has 0 bridgehead atoms. The van der Waals surface area contributed by atoms with Gasteiger partial charge in [0.2, 0.25) is 0 Å². The van der Waals surface area contributed by atoms with Gasteiger partial charge in [0.25, 0.3) is 5.91 Å². The van der Waals surface area contributed by atoms with Crippen LogP contribution in [-0.2, 0) is 70.0 Å². The second-order valence-electron chi connectivity index (χ2n) is 24.3. The zero-order chi connectivity index (χ0) is 65.9. The van der Waals surface area contributed by atoms with E-state index in [0.29, 0.717) is 58.7 Å². The summed E-state index contributed by atoms with van der Waals surface area (Å²) in [5, 5.41) is 13.9. The van der Waals surface area contributed by atoms with Crippen LogP contribution < -0.4 is 0 Å². The molecular weight excluding hydrogens is 1250 g/mol. The first-order valence-corrected chi connectivity index (χ1v) is 42.8. The summed E-state index contributed by atoms with van der Waals surface area (Å²) in [7, 11) is -6.48. The first kappa shape index (κ1) is 75.3. The number of nitrogens with zero attached hydrogens (tertiary/aromatic N) is 3. The number of fused-ring (bicyclic) bond motifs is 3. The van der Waals surface area contributed by atoms with E-state index < -0.39 is 17.6 Å². The number of hydrogen-bond donors (Lipinski definition) is 0. The number of thiophene rings is 4. The van der Waals surface area contributed by atoms with Crippen molar-refractivity contribution in [2.75, 3.05) is 52.4 Å². The maximum Gasteiger partial charge on any atom is 0.521 e. The van der Waals surface area contributed by atoms with Crippen molar-refractivity contribution in [1.82, 2.24) is 9.47 Å². The van der Waals surface area contributed by atoms with Gasteiger partial charge in [-0.3, -0.25) is 4.79 Å². The van der Waals surface area contributed by atoms with E-state index in [4.69, 9.17) is 26.6 Å². The second-order valence-corrected chi connectivity index (χ2v) is 33.8. The first-order valence-electron chi connectivity index (χ1n) is 35.7. The Bertz CT molecular complexity index is 3400. The number of aromatic nitrogens is 1. The van der Waals surface area contributed by atoms with E-state index >= 15 is 4.79 Å². The summed E-state index contributed by atoms with van der Waals surface area (Å²) in [5.74, 6) is -0.365. The van der Waals surface area contributed by atoms with Crippen LogP contribution in [0.3, 0.4) is 0 Å². The lowest BCUT2D eigenvalue weighted by molar-refractivity contribution is -0.126. The molecule has 5 heterocycles. The smallest absolute Gasteiger partial charge is 0.374 e. The first-order chi connectivity index (χ1) is 44.9. The molecule has 0 radical (unpaired) electrons. The van der Waals surface area contributed by atoms with Crippen LogP contribution in [-0.4, -0.2) is 85.3 Å². The molecule has 0 atom stereocenters. The predicted octanol–water partition coefficient (Wildman–Crippen LogP) is 22.5. The predicted molar refractivity (Wildman–Crippen MR) is 400 cm³/mol. The lowest BCUT2D eigenvalue weighted by Crippen LogP contribution is -2.57. The van der Waals surface area contributed by atoms with Gasteiger partial charge in [0.1, 0.15) is 11.6 Å². The normalized spacial score (nSPS) is 12.4. The Balaban J connectivity index is 1.35. The largest absolute Gasteiger partial charge is 0.521 e. The molecule has 0 N–H and O–H groups in total. The van der Waals surface area contributed by atoms with Crippen LogP contribution in [0.5, 0.6) is 0 Å². The van der Waals surface area contributed by atoms with Crippen molar-refractivity contribution in [3.05, 3.63) is 98.9 Å². The van der Waals surface area contributed by atoms with Crippen molar-refractivity contribution in [3.63, 3.8) is 0 Å². The van der Waals surface area contributed by atoms with Gasteiger partial charge in [0.05, 0.1) is 6.17 Å². The molecule has 0 unspecified atom stereocenters. The maximum absolute atomic E-state index is 15.3. The van der Waals surface area contributed by atoms with Crippen LogP contribution in [0.2, 0.25) is 6.04 Å². The van der Waals surface area contributed by atoms with Gasteiger partial charge < -0.3 is 36.0 Å². The van der Waals surface area contributed by atoms with Crippen molar-refractivity contribution >= 4 is 96.7 Å². The van der Waals surface area contributed by atoms with Crippen LogP contribution in [0.25, 0.3) is 67.6 Å². The summed E-state index contributed by atoms with van der Waals surface area (Å²) in [6, 6.07) is 27.3. The van der Waals surface area contributed by atoms with E-state index in [-0.39, 0.29) is 17.6 Å². The van der Waals surface area contributed by atoms with Gasteiger partial charge in [-0.05, 0) is 201 Å². The van der Waals surface area contributed by atoms with Crippen molar-refractivity contribution in [2.24, 2.45) is 0 Å². The molecule has 92 heavy (non-hydrogen) atoms. The maximum atomic E-state index is 15.3. The number of amides is 1. The average molecular weight is 1360 g/mol. The Morgan fingerprint density at radius 1 is 0.489 bits per heavy atom. The van der Waals surface area contributed by atoms with Crippen molar-refractivity contribution < 1.29 is 31.4 Å². The molecule has 0 saturated carbocycles. The molecule has 504 valence electrons. The molecule has 0 spiro atoms. The van der Waals surface area contributed by atoms with Gasteiger partial charge in [-0.1, -0.05) is 124 Å². The zero-order valence-corrected chi connectivity index (χ0v) is 63.6. The van der Waals surface area contributed by atoms with Gasteiger partial charge in [-0.25, -0.2) is 0 Å². The minimum Gasteiger partial charge on any atom is -0.374 e. The summed E-state index contributed by atoms with van der Waals surface area (Å²) >= 11 is 7.72. The van der Waals surface area contributed by atoms with Crippen molar-refractivity contribution in [1.29, 1.82) is 5.26 Å². The molecular formula is C76H111N3O7S4Si2. The number of nitriles is 1. The van der Waals surface area contributed by atoms with Gasteiger partial charge in [-0.2, -0.15) is 5.26 Å². The molecule has 0 aliphatic carbocycles. The fourth-order valence-corrected chi connectivity index (χ4v) is 23.3. The van der Waals surface area contributed by atoms with Gasteiger partial charge in [0.15, 0.2) is 0 Å². The number of rotatable bonds is 46. The van der Waals surface area contributed by atoms with E-state index in [1.165, 1.54) is 160 Å². The molecule has 10 nitrogen and oxygen atoms in total. The molecule has 7 rings (SSSR count). The molecule has 0 aliphatic heterocycles. The summed E-state index contributed by atoms with van der Waals surface area (Å²) in [4.78, 5) is 27.5. The Kier molecular flexibility index (Phi) is 32.1. The number of carbonyl (C=O) groups excluding carboxylic acids is 1. The molecule has 0 fully saturated rings. The van der Waals surface area contributed by atoms with Crippen molar-refractivity contribution in [3.8, 4) is 45.8 Å². The van der Waals surface area contributed by atoms with Crippen LogP contribution in [0, 0.1) is 11.3 Å². The van der Waals surface area contributed by atoms with Gasteiger partial charge in [-0.15, -0.1) is 45.3 Å². The number of unbranched alkanes of at least 4 members (excludes halogenated alkanes) is 12. The van der Waals surface area contributed by atoms with E-state index in [9.17, 15) is 5.26 Å². The number of benzene rings is 2. The number of aryl methyl sites for hydroxylation is 6. The summed E-state index contributed by atoms with van der Waals surface area (Å²) in [6.45, 7) is 29.1. The minimum atomic E-state index is -3.43. The number of carbonyl (C=O) groups is 1. The van der Waals surface area contributed by atoms with E-state index in [1.807, 2.05) is 81.6 Å². The second kappa shape index (κ2) is 39.2. The SMILES string of the molecule is CCCCCCc1cc(-c2sc(-c3sc(-c4sc(-c5ccc6c(c5)c5cc(CC)ccc5n6CC)cc4CCCCCC)cc3CCCCCC)cc2CCCCCC)sc1/C=C(\C#N)C(=O)N(CCC[Si](OCC)(OCC)OCC)C[Si](OCC)(OCC)OCC. The molecule has 16 heteroatoms. The fourth-order valence-electron chi connectivity index (χ4n) is 12.9. The number of hydrogen-bond acceptors (Lipinski definition) is 12. The monoisotopic (exact) mass is 1360 g/mol. The molecule has 2 aromatic carbocycles. The lowest BCUT2D eigenvalue weighted by atomic mass is 10.0. The third kappa shape index (κ3) is 20.0. The van der Waals surface area contributed by atoms with E-state index in [0.717, 1.165) is 75.6 Å². The Morgan fingerprint density at radius 2 is 0.913 bits per heavy atom. The Morgan fingerprint density at radius 3 is 1.37 bits per heavy atom. The molecule has 5 aromatic heterocycles. The molecule has 1 amide bonds. The fraction of sp³-hybridized carbons (Fsp3) is 0.579. The Labute approximate surface area is 572 Å². The third-order valence-electron chi connectivity index (χ3n) is 17.5. The lowest BCUT2D eigenvalue weighted by Gasteiger charge is -2.34. The van der Waals surface area contributed by atoms with Crippen LogP contribution in [0.15, 0.2) is 66.2 Å². The molecule has 7 aromatic rings. The minimum absolute atomic E-state index is 0.0886. The van der Waals surface area contributed by atoms with Crippen LogP contribution in [0.1, 0.15) is 225 Å². The van der Waals surface area contributed by atoms with E-state index in [2.05, 4.69) is 113 Å². The molecule has 0 saturated heterocycles. The highest BCUT2D eigenvalue weighted by atomic mass is 32.1. The molecule has 0 aliphatic rings. The third-order valence-corrected chi connectivity index (χ3v) is 28.8. The van der Waals surface area contributed by atoms with Crippen LogP contribution in [0.4, 0.5) is 0 Å². The summed E-state index contributed by atoms with van der Waals surface area (Å²) in [6.07, 6.45) is 26.5. The summed E-state index contributed by atoms with van der Waals surface area (Å²) < 4.78 is 40.4. The quantitative estimate of drug-likeness (QED) is 0.0161. The topological polar surface area (TPSA) is 104 Å². The highest BCUT2D eigenvalue weighted by molar-refractivity contribution is 7.29. The van der Waals surface area contributed by atoms with Crippen LogP contribution >= 0.6 is 45.3 Å². The average Bonchev–Trinajstić information content (AvgIpc) is 1.61. The standard InChI is InChI=1S/C76H111N3O7S4Si2/c1-13-25-29-33-38-58-50-70(87-68(58)54-63(55-77)76(80)78(56-92(84-22-10,85-23-11)86-24-12)46-37-47-91(81-19-7,82-20-8)83-21-9)73-61(40-35-31-27-15-3)52-72(89-73)75-62(41-36-32-28-16-4)53-71(90-75)74-60(39-34-30-26-14-2)51-69(88-74)59-43-45-67-65(49-59)64-48-57(17-5)42-44-66(64)79(67)18-6/h42-45,48-54H,13-41,46-47,56H2,1-12H3/b63-54+. The zero-order valence-electron chi connectivity index (χ0n) is 58.3. The highest BCUT2D eigenvalue weighted by Crippen LogP contribution is 2.51.